The largest absolute Gasteiger partial charge is 0.457 e. The van der Waals surface area contributed by atoms with Gasteiger partial charge >= 0.3 is 0 Å². The lowest BCUT2D eigenvalue weighted by Gasteiger charge is -2.11. The van der Waals surface area contributed by atoms with Gasteiger partial charge in [0.25, 0.3) is 5.91 Å². The fraction of sp³-hybridized carbons (Fsp3) is 0.154. The van der Waals surface area contributed by atoms with E-state index >= 15 is 0 Å². The topological polar surface area (TPSA) is 89.6 Å². The maximum absolute atomic E-state index is 12.7. The van der Waals surface area contributed by atoms with E-state index in [1.165, 1.54) is 0 Å². The lowest BCUT2D eigenvalue weighted by atomic mass is 10.2. The molecule has 4 rings (SSSR count). The summed E-state index contributed by atoms with van der Waals surface area (Å²) >= 11 is 0. The van der Waals surface area contributed by atoms with E-state index < -0.39 is 5.91 Å². The molecule has 0 radical (unpaired) electrons. The number of carbonyl (C=O) groups excluding carboxylic acids is 2. The van der Waals surface area contributed by atoms with E-state index in [2.05, 4.69) is 41.1 Å². The van der Waals surface area contributed by atoms with Crippen molar-refractivity contribution in [2.75, 3.05) is 26.0 Å². The highest BCUT2D eigenvalue weighted by Gasteiger charge is 2.09. The number of nitrogens with zero attached hydrogens (tertiary/aromatic N) is 2. The molecule has 0 saturated heterocycles. The van der Waals surface area contributed by atoms with Crippen molar-refractivity contribution < 1.29 is 14.3 Å². The minimum absolute atomic E-state index is 0.196. The van der Waals surface area contributed by atoms with Crippen molar-refractivity contribution in [3.05, 3.63) is 90.1 Å². The Balaban J connectivity index is 1.40. The Morgan fingerprint density at radius 1 is 0.909 bits per heavy atom. The summed E-state index contributed by atoms with van der Waals surface area (Å²) < 4.78 is 7.97. The molecule has 0 fully saturated rings. The number of fused-ring (bicyclic) bond motifs is 1. The Kier molecular flexibility index (Phi) is 6.42. The van der Waals surface area contributed by atoms with Crippen LogP contribution in [0.25, 0.3) is 10.9 Å². The lowest BCUT2D eigenvalue weighted by Crippen LogP contribution is -2.17. The van der Waals surface area contributed by atoms with E-state index in [9.17, 15) is 9.59 Å². The number of primary amides is 1. The molecule has 0 unspecified atom stereocenters. The molecule has 0 aliphatic rings. The molecule has 168 valence electrons. The first-order chi connectivity index (χ1) is 15.9. The molecule has 7 nitrogen and oxygen atoms in total. The second-order valence-corrected chi connectivity index (χ2v) is 8.06. The van der Waals surface area contributed by atoms with Crippen LogP contribution in [0.15, 0.2) is 79.0 Å². The Labute approximate surface area is 192 Å². The van der Waals surface area contributed by atoms with Crippen LogP contribution in [0, 0.1) is 0 Å². The van der Waals surface area contributed by atoms with Crippen LogP contribution in [0.1, 0.15) is 20.7 Å². The standard InChI is InChI=1S/C26H26N4O3/c1-29(2)15-16-30-14-13-20-17-21(7-12-24(20)30)28-26(32)19-5-10-23(11-6-19)33-22-8-3-18(4-9-22)25(27)31/h3-14,17H,15-16H2,1-2H3,(H2,27,31)(H,28,32). The third-order valence-electron chi connectivity index (χ3n) is 5.31. The van der Waals surface area contributed by atoms with Gasteiger partial charge in [-0.3, -0.25) is 9.59 Å². The highest BCUT2D eigenvalue weighted by molar-refractivity contribution is 6.05. The van der Waals surface area contributed by atoms with Crippen LogP contribution < -0.4 is 15.8 Å². The van der Waals surface area contributed by atoms with E-state index in [0.717, 1.165) is 29.7 Å². The number of nitrogens with one attached hydrogen (secondary N) is 1. The van der Waals surface area contributed by atoms with Crippen LogP contribution in [0.3, 0.4) is 0 Å². The first-order valence-electron chi connectivity index (χ1n) is 10.6. The van der Waals surface area contributed by atoms with Gasteiger partial charge in [-0.1, -0.05) is 0 Å². The maximum atomic E-state index is 12.7. The smallest absolute Gasteiger partial charge is 0.255 e. The predicted molar refractivity (Wildman–Crippen MR) is 130 cm³/mol. The molecule has 0 aliphatic heterocycles. The van der Waals surface area contributed by atoms with Crippen LogP contribution in [0.4, 0.5) is 5.69 Å². The third-order valence-corrected chi connectivity index (χ3v) is 5.31. The van der Waals surface area contributed by atoms with E-state index in [-0.39, 0.29) is 5.91 Å². The SMILES string of the molecule is CN(C)CCn1ccc2cc(NC(=O)c3ccc(Oc4ccc(C(N)=O)cc4)cc3)ccc21. The Bertz CT molecular complexity index is 1280. The number of amides is 2. The molecule has 0 saturated carbocycles. The highest BCUT2D eigenvalue weighted by atomic mass is 16.5. The van der Waals surface area contributed by atoms with Gasteiger partial charge in [-0.15, -0.1) is 0 Å². The maximum Gasteiger partial charge on any atom is 0.255 e. The first-order valence-corrected chi connectivity index (χ1v) is 10.6. The summed E-state index contributed by atoms with van der Waals surface area (Å²) in [6, 6.07) is 21.4. The van der Waals surface area contributed by atoms with Crippen LogP contribution in [-0.2, 0) is 6.54 Å². The monoisotopic (exact) mass is 442 g/mol. The number of rotatable bonds is 8. The van der Waals surface area contributed by atoms with Gasteiger partial charge in [0, 0.05) is 47.0 Å². The molecule has 0 bridgehead atoms. The molecular weight excluding hydrogens is 416 g/mol. The number of anilines is 1. The Morgan fingerprint density at radius 2 is 1.55 bits per heavy atom. The van der Waals surface area contributed by atoms with Crippen LogP contribution in [0.2, 0.25) is 0 Å². The van der Waals surface area contributed by atoms with Crippen molar-refractivity contribution in [2.45, 2.75) is 6.54 Å². The molecule has 3 N–H and O–H groups in total. The second-order valence-electron chi connectivity index (χ2n) is 8.06. The molecule has 1 heterocycles. The van der Waals surface area contributed by atoms with E-state index in [1.807, 2.05) is 18.2 Å². The summed E-state index contributed by atoms with van der Waals surface area (Å²) in [5, 5.41) is 4.04. The summed E-state index contributed by atoms with van der Waals surface area (Å²) in [7, 11) is 4.11. The summed E-state index contributed by atoms with van der Waals surface area (Å²) in [5.41, 5.74) is 8.07. The van der Waals surface area contributed by atoms with Gasteiger partial charge in [0.2, 0.25) is 5.91 Å². The average Bonchev–Trinajstić information content (AvgIpc) is 3.20. The summed E-state index contributed by atoms with van der Waals surface area (Å²) in [6.07, 6.45) is 2.07. The van der Waals surface area contributed by atoms with E-state index in [4.69, 9.17) is 10.5 Å². The van der Waals surface area contributed by atoms with Crippen molar-refractivity contribution in [1.29, 1.82) is 0 Å². The molecule has 2 amide bonds. The number of ether oxygens (including phenoxy) is 1. The van der Waals surface area contributed by atoms with Gasteiger partial charge in [-0.05, 0) is 86.9 Å². The molecule has 1 aromatic heterocycles. The Hall–Kier alpha value is -4.10. The van der Waals surface area contributed by atoms with Crippen LogP contribution in [0.5, 0.6) is 11.5 Å². The van der Waals surface area contributed by atoms with Gasteiger partial charge in [-0.2, -0.15) is 0 Å². The third kappa shape index (κ3) is 5.39. The number of nitrogens with two attached hydrogens (primary N) is 1. The summed E-state index contributed by atoms with van der Waals surface area (Å²) in [5.74, 6) is 0.471. The van der Waals surface area contributed by atoms with Crippen molar-refractivity contribution in [2.24, 2.45) is 5.73 Å². The van der Waals surface area contributed by atoms with Gasteiger partial charge in [0.15, 0.2) is 0 Å². The number of aromatic nitrogens is 1. The number of hydrogen-bond acceptors (Lipinski definition) is 4. The van der Waals surface area contributed by atoms with Gasteiger partial charge in [-0.25, -0.2) is 0 Å². The summed E-state index contributed by atoms with van der Waals surface area (Å²) in [6.45, 7) is 1.87. The Morgan fingerprint density at radius 3 is 2.15 bits per heavy atom. The van der Waals surface area contributed by atoms with Gasteiger partial charge in [0.1, 0.15) is 11.5 Å². The molecule has 3 aromatic carbocycles. The molecule has 0 atom stereocenters. The molecular formula is C26H26N4O3. The predicted octanol–water partition coefficient (Wildman–Crippen LogP) is 4.35. The van der Waals surface area contributed by atoms with E-state index in [1.54, 1.807) is 48.5 Å². The zero-order valence-corrected chi connectivity index (χ0v) is 18.6. The fourth-order valence-corrected chi connectivity index (χ4v) is 3.48. The molecule has 7 heteroatoms. The van der Waals surface area contributed by atoms with Crippen molar-refractivity contribution >= 4 is 28.4 Å². The highest BCUT2D eigenvalue weighted by Crippen LogP contribution is 2.24. The minimum Gasteiger partial charge on any atom is -0.457 e. The number of carbonyl (C=O) groups is 2. The number of hydrogen-bond donors (Lipinski definition) is 2. The average molecular weight is 443 g/mol. The quantitative estimate of drug-likeness (QED) is 0.425. The lowest BCUT2D eigenvalue weighted by molar-refractivity contribution is 0.0997. The first kappa shape index (κ1) is 22.1. The molecule has 0 spiro atoms. The zero-order valence-electron chi connectivity index (χ0n) is 18.6. The van der Waals surface area contributed by atoms with Crippen molar-refractivity contribution in [3.63, 3.8) is 0 Å². The second kappa shape index (κ2) is 9.58. The van der Waals surface area contributed by atoms with E-state index in [0.29, 0.717) is 22.6 Å². The fourth-order valence-electron chi connectivity index (χ4n) is 3.48. The molecule has 0 aliphatic carbocycles. The zero-order chi connectivity index (χ0) is 23.4. The van der Waals surface area contributed by atoms with Crippen molar-refractivity contribution in [3.8, 4) is 11.5 Å². The van der Waals surface area contributed by atoms with Gasteiger partial charge in [0.05, 0.1) is 0 Å². The van der Waals surface area contributed by atoms with Crippen LogP contribution in [-0.4, -0.2) is 41.9 Å². The van der Waals surface area contributed by atoms with Crippen LogP contribution >= 0.6 is 0 Å². The minimum atomic E-state index is -0.488. The number of likely N-dealkylation sites (N-methyl/N-ethyl adjacent to an activating group) is 1. The molecule has 33 heavy (non-hydrogen) atoms. The summed E-state index contributed by atoms with van der Waals surface area (Å²) in [4.78, 5) is 26.0. The molecule has 4 aromatic rings. The van der Waals surface area contributed by atoms with Crippen molar-refractivity contribution in [1.82, 2.24) is 9.47 Å². The normalized spacial score (nSPS) is 11.0. The number of benzene rings is 3. The van der Waals surface area contributed by atoms with Gasteiger partial charge < -0.3 is 25.3 Å².